The fourth-order valence-electron chi connectivity index (χ4n) is 1.62. The SMILES string of the molecule is S=C(Cl)Sc1ccc(-c2ccc(SC(=S)Cl)cc2)cc1. The second-order valence-corrected chi connectivity index (χ2v) is 8.88. The van der Waals surface area contributed by atoms with Gasteiger partial charge in [-0.1, -0.05) is 95.4 Å². The van der Waals surface area contributed by atoms with Crippen LogP contribution in [0.3, 0.4) is 0 Å². The standard InChI is InChI=1S/C14H8Cl2S4/c15-13(17)19-11-5-1-9(2-6-11)10-3-7-12(8-4-10)20-14(16)18/h1-8H. The predicted molar refractivity (Wildman–Crippen MR) is 100 cm³/mol. The molecule has 0 fully saturated rings. The van der Waals surface area contributed by atoms with Crippen molar-refractivity contribution in [1.29, 1.82) is 0 Å². The van der Waals surface area contributed by atoms with Crippen molar-refractivity contribution in [1.82, 2.24) is 0 Å². The monoisotopic (exact) mass is 374 g/mol. The summed E-state index contributed by atoms with van der Waals surface area (Å²) < 4.78 is 0.798. The van der Waals surface area contributed by atoms with E-state index in [1.165, 1.54) is 23.5 Å². The average molecular weight is 375 g/mol. The van der Waals surface area contributed by atoms with Crippen LogP contribution < -0.4 is 0 Å². The largest absolute Gasteiger partial charge is 0.141 e. The summed E-state index contributed by atoms with van der Waals surface area (Å²) in [7, 11) is 0. The first-order valence-electron chi connectivity index (χ1n) is 5.50. The lowest BCUT2D eigenvalue weighted by Gasteiger charge is -2.05. The smallest absolute Gasteiger partial charge is 0.0662 e. The van der Waals surface area contributed by atoms with Gasteiger partial charge in [0.15, 0.2) is 0 Å². The van der Waals surface area contributed by atoms with E-state index in [1.807, 2.05) is 48.5 Å². The normalized spacial score (nSPS) is 10.3. The van der Waals surface area contributed by atoms with Gasteiger partial charge in [0.05, 0.1) is 0 Å². The van der Waals surface area contributed by atoms with E-state index in [9.17, 15) is 0 Å². The third kappa shape index (κ3) is 5.02. The van der Waals surface area contributed by atoms with Gasteiger partial charge in [0.1, 0.15) is 7.31 Å². The van der Waals surface area contributed by atoms with Crippen LogP contribution >= 0.6 is 71.2 Å². The maximum Gasteiger partial charge on any atom is 0.141 e. The highest BCUT2D eigenvalue weighted by atomic mass is 35.5. The molecule has 0 aliphatic heterocycles. The highest BCUT2D eigenvalue weighted by Gasteiger charge is 2.02. The number of rotatable bonds is 3. The van der Waals surface area contributed by atoms with Gasteiger partial charge in [-0.15, -0.1) is 0 Å². The van der Waals surface area contributed by atoms with Crippen LogP contribution in [0, 0.1) is 0 Å². The number of hydrogen-bond acceptors (Lipinski definition) is 4. The van der Waals surface area contributed by atoms with Crippen molar-refractivity contribution in [3.63, 3.8) is 0 Å². The summed E-state index contributed by atoms with van der Waals surface area (Å²) >= 11 is 23.9. The molecular weight excluding hydrogens is 367 g/mol. The van der Waals surface area contributed by atoms with E-state index < -0.39 is 0 Å². The minimum absolute atomic E-state index is 0.399. The summed E-state index contributed by atoms with van der Waals surface area (Å²) in [5.74, 6) is 0. The van der Waals surface area contributed by atoms with E-state index >= 15 is 0 Å². The molecule has 0 aromatic heterocycles. The topological polar surface area (TPSA) is 0 Å². The van der Waals surface area contributed by atoms with E-state index in [2.05, 4.69) is 0 Å². The second kappa shape index (κ2) is 7.78. The van der Waals surface area contributed by atoms with Crippen molar-refractivity contribution in [2.45, 2.75) is 9.79 Å². The maximum absolute atomic E-state index is 5.70. The quantitative estimate of drug-likeness (QED) is 0.337. The molecule has 0 aliphatic carbocycles. The zero-order valence-corrected chi connectivity index (χ0v) is 14.8. The highest BCUT2D eigenvalue weighted by molar-refractivity contribution is 8.26. The summed E-state index contributed by atoms with van der Waals surface area (Å²) in [6.07, 6.45) is 0. The number of thioether (sulfide) groups is 2. The molecule has 0 spiro atoms. The molecule has 0 radical (unpaired) electrons. The molecule has 0 amide bonds. The summed E-state index contributed by atoms with van der Waals surface area (Å²) in [5, 5.41) is 0. The van der Waals surface area contributed by atoms with Crippen LogP contribution in [0.1, 0.15) is 0 Å². The van der Waals surface area contributed by atoms with Gasteiger partial charge in [0.2, 0.25) is 0 Å². The maximum atomic E-state index is 5.70. The van der Waals surface area contributed by atoms with E-state index in [0.29, 0.717) is 7.31 Å². The molecule has 102 valence electrons. The van der Waals surface area contributed by atoms with Gasteiger partial charge < -0.3 is 0 Å². The van der Waals surface area contributed by atoms with Crippen LogP contribution in [0.4, 0.5) is 0 Å². The van der Waals surface area contributed by atoms with Crippen molar-refractivity contribution < 1.29 is 0 Å². The minimum atomic E-state index is 0.399. The van der Waals surface area contributed by atoms with Crippen LogP contribution in [-0.2, 0) is 0 Å². The number of hydrogen-bond donors (Lipinski definition) is 0. The molecule has 0 bridgehead atoms. The molecule has 20 heavy (non-hydrogen) atoms. The molecule has 0 aliphatic rings. The van der Waals surface area contributed by atoms with Crippen LogP contribution in [0.2, 0.25) is 0 Å². The molecule has 0 heterocycles. The number of halogens is 2. The Kier molecular flexibility index (Phi) is 6.33. The van der Waals surface area contributed by atoms with E-state index in [1.54, 1.807) is 0 Å². The third-order valence-corrected chi connectivity index (χ3v) is 4.74. The molecule has 0 unspecified atom stereocenters. The third-order valence-electron chi connectivity index (χ3n) is 2.44. The molecule has 0 N–H and O–H groups in total. The van der Waals surface area contributed by atoms with E-state index in [4.69, 9.17) is 47.6 Å². The molecule has 0 atom stereocenters. The van der Waals surface area contributed by atoms with Gasteiger partial charge >= 0.3 is 0 Å². The van der Waals surface area contributed by atoms with Gasteiger partial charge in [0, 0.05) is 9.79 Å². The number of benzene rings is 2. The molecule has 0 saturated carbocycles. The minimum Gasteiger partial charge on any atom is -0.0662 e. The first-order valence-corrected chi connectivity index (χ1v) is 8.70. The zero-order chi connectivity index (χ0) is 14.5. The second-order valence-electron chi connectivity index (χ2n) is 3.73. The molecule has 6 heteroatoms. The zero-order valence-electron chi connectivity index (χ0n) is 10.0. The average Bonchev–Trinajstić information content (AvgIpc) is 2.39. The molecule has 2 aromatic rings. The van der Waals surface area contributed by atoms with E-state index in [-0.39, 0.29) is 0 Å². The van der Waals surface area contributed by atoms with Crippen LogP contribution in [0.15, 0.2) is 58.3 Å². The van der Waals surface area contributed by atoms with Crippen molar-refractivity contribution in [3.8, 4) is 11.1 Å². The predicted octanol–water partition coefficient (Wildman–Crippen LogP) is 6.59. The van der Waals surface area contributed by atoms with Gasteiger partial charge in [-0.2, -0.15) is 0 Å². The highest BCUT2D eigenvalue weighted by Crippen LogP contribution is 2.28. The Hall–Kier alpha value is -0.100. The Balaban J connectivity index is 2.15. The van der Waals surface area contributed by atoms with Crippen LogP contribution in [-0.4, -0.2) is 7.31 Å². The van der Waals surface area contributed by atoms with Crippen LogP contribution in [0.5, 0.6) is 0 Å². The van der Waals surface area contributed by atoms with Gasteiger partial charge in [0.25, 0.3) is 0 Å². The fourth-order valence-corrected chi connectivity index (χ4v) is 3.64. The Morgan fingerprint density at radius 1 is 0.650 bits per heavy atom. The lowest BCUT2D eigenvalue weighted by Crippen LogP contribution is -1.81. The fraction of sp³-hybridized carbons (Fsp3) is 0. The first kappa shape index (κ1) is 16.3. The van der Waals surface area contributed by atoms with Crippen molar-refractivity contribution in [2.75, 3.05) is 0 Å². The Labute approximate surface area is 147 Å². The summed E-state index contributed by atoms with van der Waals surface area (Å²) in [6, 6.07) is 16.2. The van der Waals surface area contributed by atoms with Crippen LogP contribution in [0.25, 0.3) is 11.1 Å². The Morgan fingerprint density at radius 2 is 0.950 bits per heavy atom. The van der Waals surface area contributed by atoms with Crippen molar-refractivity contribution in [2.24, 2.45) is 0 Å². The van der Waals surface area contributed by atoms with Gasteiger partial charge in [-0.05, 0) is 35.4 Å². The van der Waals surface area contributed by atoms with Gasteiger partial charge in [-0.3, -0.25) is 0 Å². The number of thiocarbonyl (C=S) groups is 2. The summed E-state index contributed by atoms with van der Waals surface area (Å²) in [5.41, 5.74) is 2.28. The van der Waals surface area contributed by atoms with Gasteiger partial charge in [-0.25, -0.2) is 0 Å². The molecule has 2 rings (SSSR count). The van der Waals surface area contributed by atoms with Crippen molar-refractivity contribution in [3.05, 3.63) is 48.5 Å². The molecular formula is C14H8Cl2S4. The molecule has 0 nitrogen and oxygen atoms in total. The van der Waals surface area contributed by atoms with Crippen molar-refractivity contribution >= 4 is 78.5 Å². The summed E-state index contributed by atoms with van der Waals surface area (Å²) in [6.45, 7) is 0. The molecule has 0 saturated heterocycles. The molecule has 2 aromatic carbocycles. The lowest BCUT2D eigenvalue weighted by molar-refractivity contribution is 1.44. The van der Waals surface area contributed by atoms with E-state index in [0.717, 1.165) is 20.9 Å². The Morgan fingerprint density at radius 3 is 1.20 bits per heavy atom. The Bertz CT molecular complexity index is 563. The lowest BCUT2D eigenvalue weighted by atomic mass is 10.1. The summed E-state index contributed by atoms with van der Waals surface area (Å²) in [4.78, 5) is 2.07. The first-order chi connectivity index (χ1) is 9.54.